The first-order valence-electron chi connectivity index (χ1n) is 5.80. The minimum absolute atomic E-state index is 0.0667. The minimum atomic E-state index is -0.568. The molecule has 0 fully saturated rings. The normalized spacial score (nSPS) is 10.8. The number of aromatic hydroxyl groups is 1. The number of ether oxygens (including phenoxy) is 1. The number of rotatable bonds is 1. The van der Waals surface area contributed by atoms with Crippen LogP contribution in [0.2, 0.25) is 0 Å². The molecule has 0 aliphatic rings. The van der Waals surface area contributed by atoms with Gasteiger partial charge in [-0.3, -0.25) is 4.98 Å². The molecule has 3 aromatic rings. The summed E-state index contributed by atoms with van der Waals surface area (Å²) in [5.74, 6) is -0.635. The summed E-state index contributed by atoms with van der Waals surface area (Å²) in [6, 6.07) is 10.8. The average Bonchev–Trinajstić information content (AvgIpc) is 2.47. The summed E-state index contributed by atoms with van der Waals surface area (Å²) < 4.78 is 4.75. The van der Waals surface area contributed by atoms with E-state index in [0.29, 0.717) is 16.3 Å². The first-order valence-corrected chi connectivity index (χ1v) is 5.80. The molecule has 0 bridgehead atoms. The van der Waals surface area contributed by atoms with Gasteiger partial charge in [0.1, 0.15) is 11.3 Å². The summed E-state index contributed by atoms with van der Waals surface area (Å²) in [4.78, 5) is 16.2. The van der Waals surface area contributed by atoms with Crippen molar-refractivity contribution in [2.24, 2.45) is 0 Å². The van der Waals surface area contributed by atoms with Crippen molar-refractivity contribution >= 4 is 27.6 Å². The van der Waals surface area contributed by atoms with Gasteiger partial charge in [-0.2, -0.15) is 0 Å². The van der Waals surface area contributed by atoms with Crippen LogP contribution in [0.5, 0.6) is 5.75 Å². The molecule has 94 valence electrons. The van der Waals surface area contributed by atoms with Crippen molar-refractivity contribution in [2.75, 3.05) is 7.11 Å². The molecule has 0 spiro atoms. The number of benzene rings is 2. The molecule has 0 atom stereocenters. The van der Waals surface area contributed by atoms with E-state index >= 15 is 0 Å². The topological polar surface area (TPSA) is 59.4 Å². The lowest BCUT2D eigenvalue weighted by Gasteiger charge is -2.10. The number of carbonyl (C=O) groups excluding carboxylic acids is 1. The first-order chi connectivity index (χ1) is 9.24. The zero-order valence-corrected chi connectivity index (χ0v) is 10.3. The zero-order chi connectivity index (χ0) is 13.4. The summed E-state index contributed by atoms with van der Waals surface area (Å²) in [6.45, 7) is 0. The number of pyridine rings is 1. The van der Waals surface area contributed by atoms with Crippen LogP contribution in [-0.4, -0.2) is 23.2 Å². The van der Waals surface area contributed by atoms with Crippen LogP contribution >= 0.6 is 0 Å². The van der Waals surface area contributed by atoms with Crippen LogP contribution < -0.4 is 0 Å². The van der Waals surface area contributed by atoms with E-state index in [4.69, 9.17) is 4.74 Å². The molecule has 0 radical (unpaired) electrons. The molecule has 0 saturated carbocycles. The fraction of sp³-hybridized carbons (Fsp3) is 0.0667. The number of phenols is 1. The number of phenolic OH excluding ortho intramolecular Hbond substituents is 1. The lowest BCUT2D eigenvalue weighted by molar-refractivity contribution is 0.0600. The molecule has 0 unspecified atom stereocenters. The van der Waals surface area contributed by atoms with Crippen LogP contribution in [0.15, 0.2) is 42.6 Å². The lowest BCUT2D eigenvalue weighted by Crippen LogP contribution is -2.03. The van der Waals surface area contributed by atoms with E-state index in [-0.39, 0.29) is 11.3 Å². The molecule has 3 rings (SSSR count). The van der Waals surface area contributed by atoms with Crippen LogP contribution in [-0.2, 0) is 4.74 Å². The van der Waals surface area contributed by atoms with Crippen LogP contribution in [0.4, 0.5) is 0 Å². The van der Waals surface area contributed by atoms with Gasteiger partial charge in [0, 0.05) is 22.4 Å². The molecule has 4 nitrogen and oxygen atoms in total. The molecule has 0 saturated heterocycles. The summed E-state index contributed by atoms with van der Waals surface area (Å²) in [5, 5.41) is 12.3. The molecule has 0 aliphatic heterocycles. The third-order valence-corrected chi connectivity index (χ3v) is 3.14. The van der Waals surface area contributed by atoms with Gasteiger partial charge in [0.25, 0.3) is 0 Å². The average molecular weight is 253 g/mol. The Bertz CT molecular complexity index is 796. The van der Waals surface area contributed by atoms with Crippen molar-refractivity contribution in [3.63, 3.8) is 0 Å². The van der Waals surface area contributed by atoms with Crippen molar-refractivity contribution in [3.8, 4) is 5.75 Å². The highest BCUT2D eigenvalue weighted by Crippen LogP contribution is 2.36. The molecule has 0 amide bonds. The van der Waals surface area contributed by atoms with Crippen molar-refractivity contribution in [1.29, 1.82) is 0 Å². The van der Waals surface area contributed by atoms with E-state index < -0.39 is 5.97 Å². The maximum absolute atomic E-state index is 11.9. The van der Waals surface area contributed by atoms with E-state index in [0.717, 1.165) is 5.39 Å². The van der Waals surface area contributed by atoms with E-state index in [1.54, 1.807) is 30.5 Å². The Balaban J connectivity index is 2.59. The number of aromatic nitrogens is 1. The SMILES string of the molecule is COC(=O)c1c(O)c2ccccc2c2ncccc12. The van der Waals surface area contributed by atoms with Gasteiger partial charge >= 0.3 is 5.97 Å². The molecule has 0 aliphatic carbocycles. The maximum Gasteiger partial charge on any atom is 0.342 e. The number of fused-ring (bicyclic) bond motifs is 3. The molecule has 19 heavy (non-hydrogen) atoms. The summed E-state index contributed by atoms with van der Waals surface area (Å²) in [5.41, 5.74) is 0.834. The smallest absolute Gasteiger partial charge is 0.342 e. The second-order valence-electron chi connectivity index (χ2n) is 4.16. The van der Waals surface area contributed by atoms with Crippen molar-refractivity contribution in [3.05, 3.63) is 48.2 Å². The molecule has 2 aromatic carbocycles. The minimum Gasteiger partial charge on any atom is -0.506 e. The van der Waals surface area contributed by atoms with E-state index in [2.05, 4.69) is 4.98 Å². The Morgan fingerprint density at radius 1 is 1.11 bits per heavy atom. The number of esters is 1. The standard InChI is InChI=1S/C15H11NO3/c1-19-15(18)12-11-7-4-8-16-13(11)9-5-2-3-6-10(9)14(12)17/h2-8,17H,1H3. The highest BCUT2D eigenvalue weighted by molar-refractivity contribution is 6.18. The molecule has 1 heterocycles. The molecule has 4 heteroatoms. The molecule has 1 N–H and O–H groups in total. The summed E-state index contributed by atoms with van der Waals surface area (Å²) in [6.07, 6.45) is 1.66. The Kier molecular flexibility index (Phi) is 2.56. The highest BCUT2D eigenvalue weighted by Gasteiger charge is 2.20. The van der Waals surface area contributed by atoms with Gasteiger partial charge in [0.05, 0.1) is 12.6 Å². The Hall–Kier alpha value is -2.62. The van der Waals surface area contributed by atoms with E-state index in [1.807, 2.05) is 12.1 Å². The maximum atomic E-state index is 11.9. The predicted molar refractivity (Wildman–Crippen MR) is 72.3 cm³/mol. The molecule has 1 aromatic heterocycles. The second-order valence-corrected chi connectivity index (χ2v) is 4.16. The highest BCUT2D eigenvalue weighted by atomic mass is 16.5. The van der Waals surface area contributed by atoms with E-state index in [1.165, 1.54) is 7.11 Å². The van der Waals surface area contributed by atoms with Crippen molar-refractivity contribution < 1.29 is 14.6 Å². The first kappa shape index (κ1) is 11.5. The number of carbonyl (C=O) groups is 1. The van der Waals surface area contributed by atoms with Crippen LogP contribution in [0.25, 0.3) is 21.7 Å². The fourth-order valence-corrected chi connectivity index (χ4v) is 2.29. The van der Waals surface area contributed by atoms with Gasteiger partial charge < -0.3 is 9.84 Å². The van der Waals surface area contributed by atoms with Crippen LogP contribution in [0.1, 0.15) is 10.4 Å². The Labute approximate surface area is 109 Å². The number of hydrogen-bond acceptors (Lipinski definition) is 4. The van der Waals surface area contributed by atoms with Gasteiger partial charge in [0.2, 0.25) is 0 Å². The third kappa shape index (κ3) is 1.61. The Morgan fingerprint density at radius 2 is 1.79 bits per heavy atom. The number of nitrogens with zero attached hydrogens (tertiary/aromatic N) is 1. The lowest BCUT2D eigenvalue weighted by atomic mass is 9.99. The molecular weight excluding hydrogens is 242 g/mol. The zero-order valence-electron chi connectivity index (χ0n) is 10.3. The summed E-state index contributed by atoms with van der Waals surface area (Å²) in [7, 11) is 1.29. The third-order valence-electron chi connectivity index (χ3n) is 3.14. The summed E-state index contributed by atoms with van der Waals surface area (Å²) >= 11 is 0. The Morgan fingerprint density at radius 3 is 2.53 bits per heavy atom. The van der Waals surface area contributed by atoms with Gasteiger partial charge in [-0.1, -0.05) is 30.3 Å². The van der Waals surface area contributed by atoms with Gasteiger partial charge in [-0.25, -0.2) is 4.79 Å². The van der Waals surface area contributed by atoms with Gasteiger partial charge in [-0.15, -0.1) is 0 Å². The van der Waals surface area contributed by atoms with Gasteiger partial charge in [0.15, 0.2) is 0 Å². The number of hydrogen-bond donors (Lipinski definition) is 1. The fourth-order valence-electron chi connectivity index (χ4n) is 2.29. The van der Waals surface area contributed by atoms with Crippen molar-refractivity contribution in [2.45, 2.75) is 0 Å². The largest absolute Gasteiger partial charge is 0.506 e. The molecular formula is C15H11NO3. The van der Waals surface area contributed by atoms with Crippen LogP contribution in [0, 0.1) is 0 Å². The van der Waals surface area contributed by atoms with Gasteiger partial charge in [-0.05, 0) is 6.07 Å². The van der Waals surface area contributed by atoms with Crippen molar-refractivity contribution in [1.82, 2.24) is 4.98 Å². The monoisotopic (exact) mass is 253 g/mol. The number of methoxy groups -OCH3 is 1. The second kappa shape index (κ2) is 4.24. The van der Waals surface area contributed by atoms with E-state index in [9.17, 15) is 9.90 Å². The van der Waals surface area contributed by atoms with Crippen LogP contribution in [0.3, 0.4) is 0 Å². The predicted octanol–water partition coefficient (Wildman–Crippen LogP) is 2.88. The quantitative estimate of drug-likeness (QED) is 0.535.